The maximum Gasteiger partial charge on any atom is 0.163 e. The molecule has 1 aliphatic heterocycles. The summed E-state index contributed by atoms with van der Waals surface area (Å²) in [6.45, 7) is 1.14. The van der Waals surface area contributed by atoms with Crippen LogP contribution in [0, 0.1) is 5.92 Å². The molecule has 19 heavy (non-hydrogen) atoms. The lowest BCUT2D eigenvalue weighted by Gasteiger charge is -2.32. The van der Waals surface area contributed by atoms with Crippen molar-refractivity contribution in [1.29, 1.82) is 0 Å². The summed E-state index contributed by atoms with van der Waals surface area (Å²) >= 11 is 0. The Morgan fingerprint density at radius 1 is 1.16 bits per heavy atom. The molecule has 0 amide bonds. The van der Waals surface area contributed by atoms with Crippen LogP contribution in [-0.4, -0.2) is 32.3 Å². The van der Waals surface area contributed by atoms with Crippen molar-refractivity contribution in [3.05, 3.63) is 12.5 Å². The van der Waals surface area contributed by atoms with Crippen LogP contribution in [0.2, 0.25) is 0 Å². The van der Waals surface area contributed by atoms with Gasteiger partial charge in [0.25, 0.3) is 0 Å². The van der Waals surface area contributed by atoms with E-state index in [2.05, 4.69) is 20.0 Å². The Kier molecular flexibility index (Phi) is 2.47. The predicted molar refractivity (Wildman–Crippen MR) is 74.0 cm³/mol. The average molecular weight is 257 g/mol. The van der Waals surface area contributed by atoms with Gasteiger partial charge in [-0.3, -0.25) is 4.68 Å². The quantitative estimate of drug-likeness (QED) is 0.785. The fourth-order valence-electron chi connectivity index (χ4n) is 3.85. The molecular weight excluding hydrogens is 238 g/mol. The van der Waals surface area contributed by atoms with Gasteiger partial charge in [-0.25, -0.2) is 9.97 Å². The SMILES string of the molecule is Cn1ncc2c(N3CC[C@H]4CCCC[C@H]43)ncnc21. The number of aryl methyl sites for hydroxylation is 1. The first-order chi connectivity index (χ1) is 9.34. The van der Waals surface area contributed by atoms with Crippen molar-refractivity contribution in [2.24, 2.45) is 13.0 Å². The largest absolute Gasteiger partial charge is 0.353 e. The van der Waals surface area contributed by atoms with E-state index in [9.17, 15) is 0 Å². The molecule has 100 valence electrons. The number of hydrogen-bond acceptors (Lipinski definition) is 4. The molecule has 0 unspecified atom stereocenters. The molecule has 2 fully saturated rings. The molecule has 5 heteroatoms. The molecule has 2 aliphatic rings. The molecule has 0 bridgehead atoms. The molecule has 0 radical (unpaired) electrons. The first kappa shape index (κ1) is 11.2. The number of hydrogen-bond donors (Lipinski definition) is 0. The van der Waals surface area contributed by atoms with Gasteiger partial charge in [-0.05, 0) is 25.2 Å². The highest BCUT2D eigenvalue weighted by molar-refractivity contribution is 5.86. The monoisotopic (exact) mass is 257 g/mol. The summed E-state index contributed by atoms with van der Waals surface area (Å²) in [5, 5.41) is 5.41. The van der Waals surface area contributed by atoms with E-state index in [0.29, 0.717) is 6.04 Å². The van der Waals surface area contributed by atoms with Gasteiger partial charge in [-0.2, -0.15) is 5.10 Å². The van der Waals surface area contributed by atoms with Gasteiger partial charge in [-0.15, -0.1) is 0 Å². The minimum absolute atomic E-state index is 0.687. The van der Waals surface area contributed by atoms with Crippen LogP contribution < -0.4 is 4.90 Å². The van der Waals surface area contributed by atoms with Gasteiger partial charge >= 0.3 is 0 Å². The third-order valence-electron chi connectivity index (χ3n) is 4.79. The van der Waals surface area contributed by atoms with E-state index in [1.54, 1.807) is 6.33 Å². The molecule has 2 aromatic heterocycles. The van der Waals surface area contributed by atoms with Crippen LogP contribution in [0.1, 0.15) is 32.1 Å². The normalized spacial score (nSPS) is 26.9. The lowest BCUT2D eigenvalue weighted by Crippen LogP contribution is -2.35. The van der Waals surface area contributed by atoms with Gasteiger partial charge in [0.15, 0.2) is 5.65 Å². The Morgan fingerprint density at radius 2 is 2.05 bits per heavy atom. The minimum Gasteiger partial charge on any atom is -0.353 e. The fraction of sp³-hybridized carbons (Fsp3) is 0.643. The predicted octanol–water partition coefficient (Wildman–Crippen LogP) is 2.13. The zero-order valence-electron chi connectivity index (χ0n) is 11.3. The number of aromatic nitrogens is 4. The van der Waals surface area contributed by atoms with Gasteiger partial charge < -0.3 is 4.90 Å². The fourth-order valence-corrected chi connectivity index (χ4v) is 3.85. The molecular formula is C14H19N5. The Morgan fingerprint density at radius 3 is 3.00 bits per heavy atom. The van der Waals surface area contributed by atoms with Crippen LogP contribution in [0.15, 0.2) is 12.5 Å². The third kappa shape index (κ3) is 1.64. The maximum atomic E-state index is 4.55. The van der Waals surface area contributed by atoms with Gasteiger partial charge in [0.05, 0.1) is 11.6 Å². The van der Waals surface area contributed by atoms with E-state index in [1.165, 1.54) is 32.1 Å². The highest BCUT2D eigenvalue weighted by Crippen LogP contribution is 2.39. The Hall–Kier alpha value is -1.65. The van der Waals surface area contributed by atoms with Crippen LogP contribution in [0.25, 0.3) is 11.0 Å². The summed E-state index contributed by atoms with van der Waals surface area (Å²) in [6.07, 6.45) is 10.4. The molecule has 2 aromatic rings. The van der Waals surface area contributed by atoms with Crippen molar-refractivity contribution in [2.45, 2.75) is 38.1 Å². The van der Waals surface area contributed by atoms with Crippen molar-refractivity contribution in [1.82, 2.24) is 19.7 Å². The van der Waals surface area contributed by atoms with Crippen LogP contribution in [-0.2, 0) is 7.05 Å². The van der Waals surface area contributed by atoms with Gasteiger partial charge in [0.1, 0.15) is 12.1 Å². The van der Waals surface area contributed by atoms with Crippen LogP contribution in [0.4, 0.5) is 5.82 Å². The van der Waals surface area contributed by atoms with Crippen molar-refractivity contribution >= 4 is 16.9 Å². The van der Waals surface area contributed by atoms with Crippen molar-refractivity contribution in [3.63, 3.8) is 0 Å². The number of rotatable bonds is 1. The summed E-state index contributed by atoms with van der Waals surface area (Å²) in [7, 11) is 1.94. The molecule has 4 rings (SSSR count). The van der Waals surface area contributed by atoms with E-state index in [0.717, 1.165) is 29.3 Å². The lowest BCUT2D eigenvalue weighted by atomic mass is 9.85. The molecule has 5 nitrogen and oxygen atoms in total. The average Bonchev–Trinajstić information content (AvgIpc) is 3.03. The van der Waals surface area contributed by atoms with Crippen LogP contribution >= 0.6 is 0 Å². The second-order valence-corrected chi connectivity index (χ2v) is 5.80. The summed E-state index contributed by atoms with van der Waals surface area (Å²) in [5.74, 6) is 1.96. The molecule has 0 spiro atoms. The highest BCUT2D eigenvalue weighted by Gasteiger charge is 2.37. The van der Waals surface area contributed by atoms with Gasteiger partial charge in [0.2, 0.25) is 0 Å². The number of anilines is 1. The number of nitrogens with zero attached hydrogens (tertiary/aromatic N) is 5. The molecule has 2 atom stereocenters. The second kappa shape index (κ2) is 4.18. The van der Waals surface area contributed by atoms with E-state index >= 15 is 0 Å². The Labute approximate surface area is 112 Å². The Bertz CT molecular complexity index is 605. The highest BCUT2D eigenvalue weighted by atomic mass is 15.3. The maximum absolute atomic E-state index is 4.55. The van der Waals surface area contributed by atoms with E-state index in [-0.39, 0.29) is 0 Å². The van der Waals surface area contributed by atoms with Gasteiger partial charge in [-0.1, -0.05) is 12.8 Å². The third-order valence-corrected chi connectivity index (χ3v) is 4.79. The van der Waals surface area contributed by atoms with Crippen molar-refractivity contribution in [3.8, 4) is 0 Å². The smallest absolute Gasteiger partial charge is 0.163 e. The zero-order chi connectivity index (χ0) is 12.8. The van der Waals surface area contributed by atoms with E-state index < -0.39 is 0 Å². The first-order valence-electron chi connectivity index (χ1n) is 7.24. The summed E-state index contributed by atoms with van der Waals surface area (Å²) in [4.78, 5) is 11.4. The van der Waals surface area contributed by atoms with E-state index in [1.807, 2.05) is 17.9 Å². The topological polar surface area (TPSA) is 46.8 Å². The summed E-state index contributed by atoms with van der Waals surface area (Å²) in [6, 6.07) is 0.687. The molecule has 3 heterocycles. The molecule has 0 aromatic carbocycles. The van der Waals surface area contributed by atoms with Crippen LogP contribution in [0.3, 0.4) is 0 Å². The van der Waals surface area contributed by atoms with Crippen molar-refractivity contribution in [2.75, 3.05) is 11.4 Å². The molecule has 1 saturated heterocycles. The molecule has 1 saturated carbocycles. The van der Waals surface area contributed by atoms with Gasteiger partial charge in [0, 0.05) is 19.6 Å². The summed E-state index contributed by atoms with van der Waals surface area (Å²) in [5.41, 5.74) is 0.934. The Balaban J connectivity index is 1.78. The standard InChI is InChI=1S/C14H19N5/c1-18-13-11(8-17-18)14(16-9-15-13)19-7-6-10-4-2-3-5-12(10)19/h8-10,12H,2-7H2,1H3/t10-,12-/m1/s1. The second-order valence-electron chi connectivity index (χ2n) is 5.80. The van der Waals surface area contributed by atoms with E-state index in [4.69, 9.17) is 0 Å². The zero-order valence-corrected chi connectivity index (χ0v) is 11.3. The lowest BCUT2D eigenvalue weighted by molar-refractivity contribution is 0.341. The first-order valence-corrected chi connectivity index (χ1v) is 7.24. The van der Waals surface area contributed by atoms with Crippen LogP contribution in [0.5, 0.6) is 0 Å². The molecule has 0 N–H and O–H groups in total. The molecule has 1 aliphatic carbocycles. The number of fused-ring (bicyclic) bond motifs is 2. The van der Waals surface area contributed by atoms with Crippen molar-refractivity contribution < 1.29 is 0 Å². The summed E-state index contributed by atoms with van der Waals surface area (Å²) < 4.78 is 1.83. The minimum atomic E-state index is 0.687.